The molecule has 0 N–H and O–H groups in total. The largest absolute Gasteiger partial charge is 0.481 e. The zero-order chi connectivity index (χ0) is 18.3. The zero-order valence-corrected chi connectivity index (χ0v) is 14.2. The van der Waals surface area contributed by atoms with E-state index in [1.807, 2.05) is 0 Å². The van der Waals surface area contributed by atoms with Crippen LogP contribution in [0.15, 0.2) is 30.5 Å². The Kier molecular flexibility index (Phi) is 4.06. The van der Waals surface area contributed by atoms with Gasteiger partial charge in [0.05, 0.1) is 13.3 Å². The van der Waals surface area contributed by atoms with Crippen molar-refractivity contribution in [1.82, 2.24) is 4.98 Å². The van der Waals surface area contributed by atoms with Gasteiger partial charge in [-0.05, 0) is 30.2 Å². The maximum Gasteiger partial charge on any atom is 0.268 e. The molecule has 4 rings (SSSR count). The molecule has 1 aromatic carbocycles. The lowest BCUT2D eigenvalue weighted by molar-refractivity contribution is -0.122. The second kappa shape index (κ2) is 6.40. The third kappa shape index (κ3) is 2.79. The van der Waals surface area contributed by atoms with Gasteiger partial charge in [-0.1, -0.05) is 0 Å². The van der Waals surface area contributed by atoms with Crippen molar-refractivity contribution in [3.05, 3.63) is 47.4 Å². The number of nitrogens with zero attached hydrogens (tertiary/aromatic N) is 2. The number of benzene rings is 1. The van der Waals surface area contributed by atoms with Crippen molar-refractivity contribution in [2.75, 3.05) is 18.6 Å². The van der Waals surface area contributed by atoms with Gasteiger partial charge in [-0.2, -0.15) is 0 Å². The fraction of sp³-hybridized carbons (Fsp3) is 0.316. The van der Waals surface area contributed by atoms with Gasteiger partial charge in [0.15, 0.2) is 11.9 Å². The predicted octanol–water partition coefficient (Wildman–Crippen LogP) is 2.54. The third-order valence-electron chi connectivity index (χ3n) is 4.75. The molecule has 2 aromatic rings. The number of aromatic nitrogens is 1. The highest BCUT2D eigenvalue weighted by atomic mass is 19.1. The summed E-state index contributed by atoms with van der Waals surface area (Å²) in [7, 11) is 1.52. The molecule has 1 aromatic heterocycles. The molecular formula is C19H17FN2O4. The summed E-state index contributed by atoms with van der Waals surface area (Å²) in [6, 6.07) is 6.26. The molecule has 26 heavy (non-hydrogen) atoms. The van der Waals surface area contributed by atoms with Crippen molar-refractivity contribution in [2.24, 2.45) is 0 Å². The van der Waals surface area contributed by atoms with Crippen LogP contribution in [-0.4, -0.2) is 36.4 Å². The molecule has 0 bridgehead atoms. The number of hydrogen-bond donors (Lipinski definition) is 0. The molecule has 0 spiro atoms. The van der Waals surface area contributed by atoms with E-state index in [0.29, 0.717) is 54.3 Å². The fourth-order valence-electron chi connectivity index (χ4n) is 3.40. The summed E-state index contributed by atoms with van der Waals surface area (Å²) in [5.74, 6) is 0.145. The molecule has 1 saturated heterocycles. The molecule has 1 aliphatic heterocycles. The average Bonchev–Trinajstić information content (AvgIpc) is 3.20. The smallest absolute Gasteiger partial charge is 0.268 e. The van der Waals surface area contributed by atoms with Crippen molar-refractivity contribution >= 4 is 17.4 Å². The highest BCUT2D eigenvalue weighted by Crippen LogP contribution is 2.32. The number of ketones is 1. The molecule has 2 aliphatic rings. The van der Waals surface area contributed by atoms with Crippen LogP contribution in [0.1, 0.15) is 28.8 Å². The summed E-state index contributed by atoms with van der Waals surface area (Å²) in [6.45, 7) is 0.402. The topological polar surface area (TPSA) is 68.7 Å². The van der Waals surface area contributed by atoms with Crippen molar-refractivity contribution in [3.63, 3.8) is 0 Å². The van der Waals surface area contributed by atoms with Gasteiger partial charge in [0.1, 0.15) is 11.6 Å². The van der Waals surface area contributed by atoms with Crippen LogP contribution in [0.4, 0.5) is 10.1 Å². The predicted molar refractivity (Wildman–Crippen MR) is 91.2 cm³/mol. The van der Waals surface area contributed by atoms with Gasteiger partial charge in [-0.25, -0.2) is 9.37 Å². The molecule has 134 valence electrons. The van der Waals surface area contributed by atoms with Gasteiger partial charge >= 0.3 is 0 Å². The number of anilines is 1. The minimum Gasteiger partial charge on any atom is -0.481 e. The number of rotatable bonds is 4. The maximum atomic E-state index is 14.3. The Bertz CT molecular complexity index is 882. The van der Waals surface area contributed by atoms with Crippen LogP contribution in [0, 0.1) is 5.82 Å². The molecular weight excluding hydrogens is 339 g/mol. The van der Waals surface area contributed by atoms with Crippen molar-refractivity contribution in [1.29, 1.82) is 0 Å². The van der Waals surface area contributed by atoms with Crippen LogP contribution >= 0.6 is 0 Å². The van der Waals surface area contributed by atoms with Crippen LogP contribution in [0.25, 0.3) is 0 Å². The summed E-state index contributed by atoms with van der Waals surface area (Å²) in [5, 5.41) is 0. The number of methoxy groups -OCH3 is 1. The van der Waals surface area contributed by atoms with E-state index in [-0.39, 0.29) is 11.7 Å². The fourth-order valence-corrected chi connectivity index (χ4v) is 3.40. The number of Topliss-reactive ketones (excluding diaryl/α,β-unsaturated/α-hetero) is 1. The van der Waals surface area contributed by atoms with Crippen molar-refractivity contribution in [2.45, 2.75) is 25.4 Å². The van der Waals surface area contributed by atoms with Gasteiger partial charge in [0, 0.05) is 36.7 Å². The first-order chi connectivity index (χ1) is 12.6. The Balaban J connectivity index is 1.53. The SMILES string of the molecule is COc1ccc(O[C@@H]2CCN(c3cc(F)c4c(c3)C(=O)CC4)C2=O)cn1. The standard InChI is InChI=1S/C19H17FN2O4/c1-25-18-5-2-12(10-21-18)26-17-6-7-22(19(17)24)11-8-14-13(15(20)9-11)3-4-16(14)23/h2,5,8-10,17H,3-4,6-7H2,1H3/t17-/m1/s1. The molecule has 2 heterocycles. The first-order valence-corrected chi connectivity index (χ1v) is 8.40. The van der Waals surface area contributed by atoms with E-state index in [1.165, 1.54) is 24.3 Å². The molecule has 6 nitrogen and oxygen atoms in total. The highest BCUT2D eigenvalue weighted by Gasteiger charge is 2.36. The second-order valence-electron chi connectivity index (χ2n) is 6.30. The number of carbonyl (C=O) groups excluding carboxylic acids is 2. The van der Waals surface area contributed by atoms with Crippen LogP contribution in [0.3, 0.4) is 0 Å². The van der Waals surface area contributed by atoms with E-state index >= 15 is 0 Å². The Morgan fingerprint density at radius 3 is 2.81 bits per heavy atom. The summed E-state index contributed by atoms with van der Waals surface area (Å²) >= 11 is 0. The van der Waals surface area contributed by atoms with E-state index in [2.05, 4.69) is 4.98 Å². The molecule has 0 radical (unpaired) electrons. The number of amides is 1. The Labute approximate surface area is 149 Å². The number of pyridine rings is 1. The lowest BCUT2D eigenvalue weighted by Crippen LogP contribution is -2.32. The maximum absolute atomic E-state index is 14.3. The van der Waals surface area contributed by atoms with Crippen LogP contribution in [0.5, 0.6) is 11.6 Å². The highest BCUT2D eigenvalue weighted by molar-refractivity contribution is 6.04. The first-order valence-electron chi connectivity index (χ1n) is 8.40. The normalized spacial score (nSPS) is 19.0. The van der Waals surface area contributed by atoms with Crippen LogP contribution in [-0.2, 0) is 11.2 Å². The van der Waals surface area contributed by atoms with Gasteiger partial charge < -0.3 is 14.4 Å². The Hall–Kier alpha value is -2.96. The Morgan fingerprint density at radius 2 is 2.08 bits per heavy atom. The minimum absolute atomic E-state index is 0.0792. The number of halogens is 1. The quantitative estimate of drug-likeness (QED) is 0.842. The molecule has 0 saturated carbocycles. The molecule has 7 heteroatoms. The van der Waals surface area contributed by atoms with Crippen LogP contribution < -0.4 is 14.4 Å². The van der Waals surface area contributed by atoms with E-state index < -0.39 is 11.9 Å². The molecule has 0 unspecified atom stereocenters. The lowest BCUT2D eigenvalue weighted by Gasteiger charge is -2.18. The molecule has 1 amide bonds. The summed E-state index contributed by atoms with van der Waals surface area (Å²) in [4.78, 5) is 30.1. The van der Waals surface area contributed by atoms with Crippen molar-refractivity contribution in [3.8, 4) is 11.6 Å². The van der Waals surface area contributed by atoms with Gasteiger partial charge in [-0.15, -0.1) is 0 Å². The third-order valence-corrected chi connectivity index (χ3v) is 4.75. The van der Waals surface area contributed by atoms with E-state index in [9.17, 15) is 14.0 Å². The second-order valence-corrected chi connectivity index (χ2v) is 6.30. The minimum atomic E-state index is -0.669. The molecule has 1 atom stereocenters. The zero-order valence-electron chi connectivity index (χ0n) is 14.2. The number of ether oxygens (including phenoxy) is 2. The van der Waals surface area contributed by atoms with Gasteiger partial charge in [0.25, 0.3) is 5.91 Å². The first kappa shape index (κ1) is 16.5. The summed E-state index contributed by atoms with van der Waals surface area (Å²) in [6.07, 6.45) is 2.03. The Morgan fingerprint density at radius 1 is 1.23 bits per heavy atom. The summed E-state index contributed by atoms with van der Waals surface area (Å²) < 4.78 is 25.0. The summed E-state index contributed by atoms with van der Waals surface area (Å²) in [5.41, 5.74) is 1.24. The molecule has 1 aliphatic carbocycles. The average molecular weight is 356 g/mol. The van der Waals surface area contributed by atoms with Gasteiger partial charge in [0.2, 0.25) is 5.88 Å². The lowest BCUT2D eigenvalue weighted by atomic mass is 10.1. The van der Waals surface area contributed by atoms with Crippen LogP contribution in [0.2, 0.25) is 0 Å². The number of hydrogen-bond acceptors (Lipinski definition) is 5. The number of fused-ring (bicyclic) bond motifs is 1. The van der Waals surface area contributed by atoms with E-state index in [0.717, 1.165) is 0 Å². The van der Waals surface area contributed by atoms with Gasteiger partial charge in [-0.3, -0.25) is 9.59 Å². The monoisotopic (exact) mass is 356 g/mol. The molecule has 1 fully saturated rings. The van der Waals surface area contributed by atoms with E-state index in [1.54, 1.807) is 18.2 Å². The van der Waals surface area contributed by atoms with Crippen molar-refractivity contribution < 1.29 is 23.5 Å². The van der Waals surface area contributed by atoms with E-state index in [4.69, 9.17) is 9.47 Å². The number of carbonyl (C=O) groups is 2.